The highest BCUT2D eigenvalue weighted by Gasteiger charge is 2.20. The number of nitrogens with zero attached hydrogens (tertiary/aromatic N) is 3. The van der Waals surface area contributed by atoms with Gasteiger partial charge in [0, 0.05) is 24.2 Å². The molecular formula is C16H23N5O. The fourth-order valence-corrected chi connectivity index (χ4v) is 2.64. The SMILES string of the molecule is CC(C)N(Cc1ccccc1-c1n[nH]nc1C(N)=O)C(C)C. The van der Waals surface area contributed by atoms with Crippen molar-refractivity contribution in [2.45, 2.75) is 46.3 Å². The lowest BCUT2D eigenvalue weighted by molar-refractivity contribution is 0.0996. The average Bonchev–Trinajstić information content (AvgIpc) is 2.93. The van der Waals surface area contributed by atoms with Gasteiger partial charge in [0.05, 0.1) is 0 Å². The van der Waals surface area contributed by atoms with Crippen LogP contribution in [0, 0.1) is 0 Å². The number of amides is 1. The molecule has 0 atom stereocenters. The van der Waals surface area contributed by atoms with Gasteiger partial charge in [0.1, 0.15) is 5.69 Å². The van der Waals surface area contributed by atoms with E-state index >= 15 is 0 Å². The van der Waals surface area contributed by atoms with Crippen molar-refractivity contribution in [3.8, 4) is 11.3 Å². The van der Waals surface area contributed by atoms with Crippen LogP contribution in [0.3, 0.4) is 0 Å². The number of nitrogens with one attached hydrogen (secondary N) is 1. The van der Waals surface area contributed by atoms with Crippen LogP contribution in [0.25, 0.3) is 11.3 Å². The number of benzene rings is 1. The van der Waals surface area contributed by atoms with E-state index in [0.717, 1.165) is 17.7 Å². The molecule has 0 radical (unpaired) electrons. The van der Waals surface area contributed by atoms with Crippen molar-refractivity contribution < 1.29 is 4.79 Å². The number of aromatic amines is 1. The lowest BCUT2D eigenvalue weighted by Crippen LogP contribution is -2.36. The Morgan fingerprint density at radius 1 is 1.18 bits per heavy atom. The van der Waals surface area contributed by atoms with Crippen LogP contribution in [0.2, 0.25) is 0 Å². The van der Waals surface area contributed by atoms with Gasteiger partial charge < -0.3 is 5.73 Å². The summed E-state index contributed by atoms with van der Waals surface area (Å²) in [6.07, 6.45) is 0. The van der Waals surface area contributed by atoms with Gasteiger partial charge >= 0.3 is 0 Å². The molecular weight excluding hydrogens is 278 g/mol. The zero-order valence-electron chi connectivity index (χ0n) is 13.5. The molecule has 0 bridgehead atoms. The molecule has 3 N–H and O–H groups in total. The van der Waals surface area contributed by atoms with Crippen LogP contribution in [-0.4, -0.2) is 38.3 Å². The molecule has 6 nitrogen and oxygen atoms in total. The Balaban J connectivity index is 2.43. The number of carbonyl (C=O) groups excluding carboxylic acids is 1. The van der Waals surface area contributed by atoms with Crippen LogP contribution in [0.15, 0.2) is 24.3 Å². The molecule has 22 heavy (non-hydrogen) atoms. The second-order valence-electron chi connectivity index (χ2n) is 5.90. The first kappa shape index (κ1) is 16.2. The van der Waals surface area contributed by atoms with Gasteiger partial charge in [-0.25, -0.2) is 0 Å². The predicted octanol–water partition coefficient (Wildman–Crippen LogP) is 2.19. The minimum atomic E-state index is -0.580. The topological polar surface area (TPSA) is 87.9 Å². The fourth-order valence-electron chi connectivity index (χ4n) is 2.64. The maximum Gasteiger partial charge on any atom is 0.271 e. The normalized spacial score (nSPS) is 11.6. The summed E-state index contributed by atoms with van der Waals surface area (Å²) in [5.74, 6) is -0.580. The molecule has 0 unspecified atom stereocenters. The van der Waals surface area contributed by atoms with Crippen LogP contribution in [0.5, 0.6) is 0 Å². The van der Waals surface area contributed by atoms with E-state index in [-0.39, 0.29) is 5.69 Å². The van der Waals surface area contributed by atoms with Crippen molar-refractivity contribution in [1.29, 1.82) is 0 Å². The van der Waals surface area contributed by atoms with Crippen molar-refractivity contribution >= 4 is 5.91 Å². The zero-order valence-corrected chi connectivity index (χ0v) is 13.5. The number of nitrogens with two attached hydrogens (primary N) is 1. The van der Waals surface area contributed by atoms with E-state index in [9.17, 15) is 4.79 Å². The largest absolute Gasteiger partial charge is 0.364 e. The molecule has 0 aliphatic rings. The summed E-state index contributed by atoms with van der Waals surface area (Å²) in [7, 11) is 0. The van der Waals surface area contributed by atoms with Gasteiger partial charge in [-0.1, -0.05) is 24.3 Å². The summed E-state index contributed by atoms with van der Waals surface area (Å²) in [6, 6.07) is 8.74. The van der Waals surface area contributed by atoms with Crippen molar-refractivity contribution in [3.63, 3.8) is 0 Å². The number of H-pyrrole nitrogens is 1. The van der Waals surface area contributed by atoms with E-state index in [2.05, 4.69) is 48.0 Å². The summed E-state index contributed by atoms with van der Waals surface area (Å²) >= 11 is 0. The molecule has 0 saturated carbocycles. The second kappa shape index (κ2) is 6.70. The predicted molar refractivity (Wildman–Crippen MR) is 86.2 cm³/mol. The second-order valence-corrected chi connectivity index (χ2v) is 5.90. The first-order chi connectivity index (χ1) is 10.4. The minimum absolute atomic E-state index is 0.174. The number of hydrogen-bond acceptors (Lipinski definition) is 4. The number of hydrogen-bond donors (Lipinski definition) is 2. The molecule has 0 fully saturated rings. The summed E-state index contributed by atoms with van der Waals surface area (Å²) in [5, 5.41) is 10.5. The van der Waals surface area contributed by atoms with Crippen molar-refractivity contribution in [2.75, 3.05) is 0 Å². The van der Waals surface area contributed by atoms with E-state index in [4.69, 9.17) is 5.73 Å². The molecule has 1 aromatic carbocycles. The van der Waals surface area contributed by atoms with Crippen LogP contribution < -0.4 is 5.73 Å². The highest BCUT2D eigenvalue weighted by Crippen LogP contribution is 2.26. The van der Waals surface area contributed by atoms with Gasteiger partial charge in [-0.3, -0.25) is 9.69 Å². The van der Waals surface area contributed by atoms with E-state index in [1.54, 1.807) is 0 Å². The Morgan fingerprint density at radius 3 is 2.41 bits per heavy atom. The molecule has 2 rings (SSSR count). The van der Waals surface area contributed by atoms with Crippen LogP contribution in [0.1, 0.15) is 43.7 Å². The summed E-state index contributed by atoms with van der Waals surface area (Å²) < 4.78 is 0. The Kier molecular flexibility index (Phi) is 4.92. The third-order valence-electron chi connectivity index (χ3n) is 3.73. The molecule has 0 saturated heterocycles. The Morgan fingerprint density at radius 2 is 1.82 bits per heavy atom. The molecule has 1 heterocycles. The number of aromatic nitrogens is 3. The van der Waals surface area contributed by atoms with Crippen molar-refractivity contribution in [1.82, 2.24) is 20.3 Å². The van der Waals surface area contributed by atoms with Gasteiger partial charge in [0.15, 0.2) is 5.69 Å². The molecule has 0 aliphatic heterocycles. The third-order valence-corrected chi connectivity index (χ3v) is 3.73. The monoisotopic (exact) mass is 301 g/mol. The summed E-state index contributed by atoms with van der Waals surface area (Å²) in [5.41, 5.74) is 8.04. The molecule has 1 amide bonds. The molecule has 1 aromatic heterocycles. The standard InChI is InChI=1S/C16H23N5O/c1-10(2)21(11(3)4)9-12-7-5-6-8-13(12)14-15(16(17)22)19-20-18-14/h5-8,10-11H,9H2,1-4H3,(H2,17,22)(H,18,19,20). The summed E-state index contributed by atoms with van der Waals surface area (Å²) in [6.45, 7) is 9.47. The lowest BCUT2D eigenvalue weighted by Gasteiger charge is -2.31. The van der Waals surface area contributed by atoms with Gasteiger partial charge in [-0.15, -0.1) is 0 Å². The third kappa shape index (κ3) is 3.33. The van der Waals surface area contributed by atoms with Crippen LogP contribution in [-0.2, 0) is 6.54 Å². The van der Waals surface area contributed by atoms with E-state index in [1.807, 2.05) is 24.3 Å². The fraction of sp³-hybridized carbons (Fsp3) is 0.438. The highest BCUT2D eigenvalue weighted by atomic mass is 16.1. The molecule has 0 spiro atoms. The van der Waals surface area contributed by atoms with Gasteiger partial charge in [-0.2, -0.15) is 15.4 Å². The number of carbonyl (C=O) groups is 1. The molecule has 0 aliphatic carbocycles. The smallest absolute Gasteiger partial charge is 0.271 e. The summed E-state index contributed by atoms with van der Waals surface area (Å²) in [4.78, 5) is 13.9. The van der Waals surface area contributed by atoms with E-state index in [1.165, 1.54) is 0 Å². The van der Waals surface area contributed by atoms with Gasteiger partial charge in [0.25, 0.3) is 5.91 Å². The molecule has 6 heteroatoms. The highest BCUT2D eigenvalue weighted by molar-refractivity contribution is 5.97. The maximum atomic E-state index is 11.5. The van der Waals surface area contributed by atoms with Gasteiger partial charge in [-0.05, 0) is 33.3 Å². The molecule has 2 aromatic rings. The number of primary amides is 1. The van der Waals surface area contributed by atoms with Crippen LogP contribution in [0.4, 0.5) is 0 Å². The molecule has 118 valence electrons. The Bertz CT molecular complexity index is 639. The number of rotatable bonds is 6. The Hall–Kier alpha value is -2.21. The first-order valence-corrected chi connectivity index (χ1v) is 7.46. The zero-order chi connectivity index (χ0) is 16.3. The van der Waals surface area contributed by atoms with E-state index in [0.29, 0.717) is 17.8 Å². The maximum absolute atomic E-state index is 11.5. The van der Waals surface area contributed by atoms with Gasteiger partial charge in [0.2, 0.25) is 0 Å². The van der Waals surface area contributed by atoms with Crippen molar-refractivity contribution in [3.05, 3.63) is 35.5 Å². The van der Waals surface area contributed by atoms with Crippen LogP contribution >= 0.6 is 0 Å². The Labute approximate surface area is 130 Å². The van der Waals surface area contributed by atoms with Crippen molar-refractivity contribution in [2.24, 2.45) is 5.73 Å². The quantitative estimate of drug-likeness (QED) is 0.856. The minimum Gasteiger partial charge on any atom is -0.364 e. The average molecular weight is 301 g/mol. The first-order valence-electron chi connectivity index (χ1n) is 7.46. The lowest BCUT2D eigenvalue weighted by atomic mass is 10.0. The van der Waals surface area contributed by atoms with E-state index < -0.39 is 5.91 Å².